The lowest BCUT2D eigenvalue weighted by molar-refractivity contribution is 0.0348. The van der Waals surface area contributed by atoms with Gasteiger partial charge in [0.05, 0.1) is 19.8 Å². The minimum absolute atomic E-state index is 0. The van der Waals surface area contributed by atoms with Gasteiger partial charge in [0.1, 0.15) is 0 Å². The molecular formula is C14H21ClN2O3. The van der Waals surface area contributed by atoms with Gasteiger partial charge in [-0.1, -0.05) is 18.2 Å². The fraction of sp³-hybridized carbons (Fsp3) is 0.500. The molecule has 1 N–H and O–H groups in total. The standard InChI is InChI=1S/C14H20N2O3.ClH/c17-14(15-13-5-2-1-3-6-13)19-10-4-7-16-8-11-18-12-9-16;/h1-3,5-6H,4,7-12H2,(H,15,17);1H. The van der Waals surface area contributed by atoms with Crippen molar-refractivity contribution in [3.63, 3.8) is 0 Å². The van der Waals surface area contributed by atoms with Crippen LogP contribution in [0.1, 0.15) is 6.42 Å². The molecule has 1 heterocycles. The lowest BCUT2D eigenvalue weighted by atomic mass is 10.3. The second-order valence-corrected chi connectivity index (χ2v) is 4.43. The van der Waals surface area contributed by atoms with Gasteiger partial charge in [0.2, 0.25) is 0 Å². The van der Waals surface area contributed by atoms with Gasteiger partial charge >= 0.3 is 6.09 Å². The minimum atomic E-state index is -0.395. The zero-order valence-corrected chi connectivity index (χ0v) is 12.2. The molecule has 1 aromatic rings. The number of nitrogens with one attached hydrogen (secondary N) is 1. The maximum atomic E-state index is 11.5. The predicted molar refractivity (Wildman–Crippen MR) is 80.5 cm³/mol. The first kappa shape index (κ1) is 16.8. The maximum Gasteiger partial charge on any atom is 0.411 e. The van der Waals surface area contributed by atoms with Crippen molar-refractivity contribution in [2.75, 3.05) is 44.8 Å². The molecule has 0 bridgehead atoms. The molecule has 6 heteroatoms. The first-order valence-electron chi connectivity index (χ1n) is 6.63. The molecule has 0 aromatic heterocycles. The van der Waals surface area contributed by atoms with Crippen molar-refractivity contribution in [2.45, 2.75) is 6.42 Å². The summed E-state index contributed by atoms with van der Waals surface area (Å²) in [6.45, 7) is 4.93. The highest BCUT2D eigenvalue weighted by Gasteiger charge is 2.09. The molecule has 1 fully saturated rings. The molecule has 1 saturated heterocycles. The van der Waals surface area contributed by atoms with Gasteiger partial charge in [0.15, 0.2) is 0 Å². The van der Waals surface area contributed by atoms with Gasteiger partial charge in [-0.3, -0.25) is 10.2 Å². The van der Waals surface area contributed by atoms with Crippen LogP contribution in [0.5, 0.6) is 0 Å². The maximum absolute atomic E-state index is 11.5. The third-order valence-electron chi connectivity index (χ3n) is 2.98. The van der Waals surface area contributed by atoms with Crippen LogP contribution < -0.4 is 5.32 Å². The third-order valence-corrected chi connectivity index (χ3v) is 2.98. The quantitative estimate of drug-likeness (QED) is 0.848. The second-order valence-electron chi connectivity index (χ2n) is 4.43. The van der Waals surface area contributed by atoms with Crippen LogP contribution in [0.2, 0.25) is 0 Å². The van der Waals surface area contributed by atoms with Crippen LogP contribution in [0.4, 0.5) is 10.5 Å². The van der Waals surface area contributed by atoms with Crippen molar-refractivity contribution in [2.24, 2.45) is 0 Å². The molecule has 1 aliphatic heterocycles. The summed E-state index contributed by atoms with van der Waals surface area (Å²) in [5.74, 6) is 0. The molecule has 1 aliphatic rings. The van der Waals surface area contributed by atoms with E-state index in [1.807, 2.05) is 30.3 Å². The fourth-order valence-corrected chi connectivity index (χ4v) is 1.95. The molecule has 0 radical (unpaired) electrons. The van der Waals surface area contributed by atoms with Crippen molar-refractivity contribution in [3.8, 4) is 0 Å². The molecule has 112 valence electrons. The Hall–Kier alpha value is -1.30. The Labute approximate surface area is 125 Å². The highest BCUT2D eigenvalue weighted by molar-refractivity contribution is 5.85. The summed E-state index contributed by atoms with van der Waals surface area (Å²) in [5, 5.41) is 2.69. The Morgan fingerprint density at radius 1 is 1.25 bits per heavy atom. The van der Waals surface area contributed by atoms with E-state index in [1.165, 1.54) is 0 Å². The van der Waals surface area contributed by atoms with E-state index in [9.17, 15) is 4.79 Å². The number of hydrogen-bond donors (Lipinski definition) is 1. The molecule has 2 rings (SSSR count). The third kappa shape index (κ3) is 6.23. The van der Waals surface area contributed by atoms with E-state index >= 15 is 0 Å². The topological polar surface area (TPSA) is 50.8 Å². The summed E-state index contributed by atoms with van der Waals surface area (Å²) >= 11 is 0. The van der Waals surface area contributed by atoms with Crippen molar-refractivity contribution in [1.29, 1.82) is 0 Å². The number of carbonyl (C=O) groups excluding carboxylic acids is 1. The monoisotopic (exact) mass is 300 g/mol. The number of morpholine rings is 1. The van der Waals surface area contributed by atoms with E-state index in [-0.39, 0.29) is 12.4 Å². The van der Waals surface area contributed by atoms with Crippen LogP contribution >= 0.6 is 12.4 Å². The number of ether oxygens (including phenoxy) is 2. The highest BCUT2D eigenvalue weighted by Crippen LogP contribution is 2.05. The van der Waals surface area contributed by atoms with Crippen molar-refractivity contribution in [3.05, 3.63) is 30.3 Å². The molecule has 20 heavy (non-hydrogen) atoms. The van der Waals surface area contributed by atoms with E-state index in [4.69, 9.17) is 9.47 Å². The summed E-state index contributed by atoms with van der Waals surface area (Å²) in [6, 6.07) is 9.30. The van der Waals surface area contributed by atoms with Crippen LogP contribution in [0, 0.1) is 0 Å². The minimum Gasteiger partial charge on any atom is -0.449 e. The number of halogens is 1. The number of hydrogen-bond acceptors (Lipinski definition) is 4. The SMILES string of the molecule is Cl.O=C(Nc1ccccc1)OCCCN1CCOCC1. The molecule has 0 saturated carbocycles. The first-order valence-corrected chi connectivity index (χ1v) is 6.63. The summed E-state index contributed by atoms with van der Waals surface area (Å²) in [6.07, 6.45) is 0.454. The number of amides is 1. The van der Waals surface area contributed by atoms with Gasteiger partial charge in [0.25, 0.3) is 0 Å². The lowest BCUT2D eigenvalue weighted by Crippen LogP contribution is -2.37. The van der Waals surface area contributed by atoms with Gasteiger partial charge in [-0.2, -0.15) is 0 Å². The lowest BCUT2D eigenvalue weighted by Gasteiger charge is -2.26. The average molecular weight is 301 g/mol. The molecule has 0 aliphatic carbocycles. The normalized spacial score (nSPS) is 15.2. The van der Waals surface area contributed by atoms with Crippen LogP contribution in [0.3, 0.4) is 0 Å². The molecule has 0 unspecified atom stereocenters. The zero-order chi connectivity index (χ0) is 13.3. The molecule has 1 aromatic carbocycles. The van der Waals surface area contributed by atoms with E-state index in [0.29, 0.717) is 6.61 Å². The van der Waals surface area contributed by atoms with Gasteiger partial charge in [0, 0.05) is 25.3 Å². The Bertz CT molecular complexity index is 383. The number of anilines is 1. The van der Waals surface area contributed by atoms with E-state index in [2.05, 4.69) is 10.2 Å². The zero-order valence-electron chi connectivity index (χ0n) is 11.4. The molecule has 0 spiro atoms. The van der Waals surface area contributed by atoms with Gasteiger partial charge in [-0.15, -0.1) is 12.4 Å². The summed E-state index contributed by atoms with van der Waals surface area (Å²) in [7, 11) is 0. The van der Waals surface area contributed by atoms with Gasteiger partial charge < -0.3 is 9.47 Å². The van der Waals surface area contributed by atoms with Crippen molar-refractivity contribution in [1.82, 2.24) is 4.90 Å². The Kier molecular flexibility index (Phi) is 8.02. The number of carbonyl (C=O) groups is 1. The van der Waals surface area contributed by atoms with E-state index < -0.39 is 6.09 Å². The van der Waals surface area contributed by atoms with E-state index in [0.717, 1.165) is 45.0 Å². The Morgan fingerprint density at radius 3 is 2.65 bits per heavy atom. The van der Waals surface area contributed by atoms with Crippen LogP contribution in [-0.2, 0) is 9.47 Å². The Balaban J connectivity index is 0.00000200. The van der Waals surface area contributed by atoms with Crippen LogP contribution in [-0.4, -0.2) is 50.4 Å². The van der Waals surface area contributed by atoms with Gasteiger partial charge in [-0.05, 0) is 18.6 Å². The second kappa shape index (κ2) is 9.58. The largest absolute Gasteiger partial charge is 0.449 e. The first-order chi connectivity index (χ1) is 9.34. The van der Waals surface area contributed by atoms with Crippen molar-refractivity contribution < 1.29 is 14.3 Å². The van der Waals surface area contributed by atoms with Crippen molar-refractivity contribution >= 4 is 24.2 Å². The number of benzene rings is 1. The molecule has 1 amide bonds. The predicted octanol–water partition coefficient (Wildman–Crippen LogP) is 2.38. The number of para-hydroxylation sites is 1. The highest BCUT2D eigenvalue weighted by atomic mass is 35.5. The number of rotatable bonds is 5. The van der Waals surface area contributed by atoms with E-state index in [1.54, 1.807) is 0 Å². The number of nitrogens with zero attached hydrogens (tertiary/aromatic N) is 1. The fourth-order valence-electron chi connectivity index (χ4n) is 1.95. The average Bonchev–Trinajstić information content (AvgIpc) is 2.46. The molecular weight excluding hydrogens is 280 g/mol. The van der Waals surface area contributed by atoms with Crippen LogP contribution in [0.25, 0.3) is 0 Å². The summed E-state index contributed by atoms with van der Waals surface area (Å²) in [4.78, 5) is 13.8. The summed E-state index contributed by atoms with van der Waals surface area (Å²) in [5.41, 5.74) is 0.751. The molecule has 5 nitrogen and oxygen atoms in total. The Morgan fingerprint density at radius 2 is 1.95 bits per heavy atom. The molecule has 0 atom stereocenters. The van der Waals surface area contributed by atoms with Crippen LogP contribution in [0.15, 0.2) is 30.3 Å². The van der Waals surface area contributed by atoms with Gasteiger partial charge in [-0.25, -0.2) is 4.79 Å². The smallest absolute Gasteiger partial charge is 0.411 e. The summed E-state index contributed by atoms with van der Waals surface area (Å²) < 4.78 is 10.4.